The minimum atomic E-state index is -3.42. The van der Waals surface area contributed by atoms with Gasteiger partial charge in [-0.3, -0.25) is 9.52 Å². The first-order valence-electron chi connectivity index (χ1n) is 10.2. The van der Waals surface area contributed by atoms with E-state index in [-0.39, 0.29) is 17.5 Å². The molecule has 0 atom stereocenters. The number of rotatable bonds is 6. The van der Waals surface area contributed by atoms with E-state index in [1.165, 1.54) is 12.1 Å². The van der Waals surface area contributed by atoms with Crippen LogP contribution in [-0.2, 0) is 10.0 Å². The van der Waals surface area contributed by atoms with Crippen molar-refractivity contribution in [2.45, 2.75) is 19.8 Å². The lowest BCUT2D eigenvalue weighted by Gasteiger charge is -2.26. The third-order valence-electron chi connectivity index (χ3n) is 5.34. The van der Waals surface area contributed by atoms with Gasteiger partial charge in [-0.2, -0.15) is 0 Å². The maximum Gasteiger partial charge on any atom is 0.254 e. The monoisotopic (exact) mass is 441 g/mol. The van der Waals surface area contributed by atoms with Gasteiger partial charge in [0.25, 0.3) is 5.91 Å². The van der Waals surface area contributed by atoms with Gasteiger partial charge in [0, 0.05) is 47.0 Å². The molecule has 0 fully saturated rings. The first kappa shape index (κ1) is 21.1. The number of nitrogens with zero attached hydrogens (tertiary/aromatic N) is 1. The number of hydrogen-bond acceptors (Lipinski definition) is 3. The Kier molecular flexibility index (Phi) is 5.82. The molecule has 8 heteroatoms. The molecule has 1 aromatic heterocycles. The number of H-pyrrole nitrogens is 1. The van der Waals surface area contributed by atoms with Crippen molar-refractivity contribution in [2.75, 3.05) is 23.6 Å². The lowest BCUT2D eigenvalue weighted by molar-refractivity contribution is 0.0773. The lowest BCUT2D eigenvalue weighted by Crippen LogP contribution is -2.34. The molecule has 0 aliphatic carbocycles. The van der Waals surface area contributed by atoms with Gasteiger partial charge in [-0.1, -0.05) is 19.1 Å². The summed E-state index contributed by atoms with van der Waals surface area (Å²) in [5, 5.41) is 0.958. The molecule has 0 radical (unpaired) electrons. The first-order valence-corrected chi connectivity index (χ1v) is 11.9. The van der Waals surface area contributed by atoms with Crippen LogP contribution in [0.5, 0.6) is 0 Å². The van der Waals surface area contributed by atoms with Crippen molar-refractivity contribution in [2.24, 2.45) is 0 Å². The Bertz CT molecular complexity index is 1260. The lowest BCUT2D eigenvalue weighted by atomic mass is 9.98. The van der Waals surface area contributed by atoms with Crippen molar-refractivity contribution in [3.8, 4) is 0 Å². The average Bonchev–Trinajstić information content (AvgIpc) is 3.16. The number of halogens is 1. The molecule has 31 heavy (non-hydrogen) atoms. The number of carbonyl (C=O) groups excluding carboxylic acids is 1. The van der Waals surface area contributed by atoms with Crippen LogP contribution in [-0.4, -0.2) is 43.1 Å². The number of hydrogen-bond donors (Lipinski definition) is 2. The second kappa shape index (κ2) is 8.55. The van der Waals surface area contributed by atoms with Crippen molar-refractivity contribution in [1.29, 1.82) is 0 Å². The van der Waals surface area contributed by atoms with Crippen LogP contribution in [0, 0.1) is 5.82 Å². The SMILES string of the molecule is CCCS(=O)(=O)Nc1cccc(C(=O)N2CC=C(c3c[nH]c4cc(F)ccc34)CC2)c1. The molecule has 1 amide bonds. The summed E-state index contributed by atoms with van der Waals surface area (Å²) in [6.07, 6.45) is 5.08. The Morgan fingerprint density at radius 2 is 2.06 bits per heavy atom. The molecule has 1 aliphatic heterocycles. The third-order valence-corrected chi connectivity index (χ3v) is 6.83. The predicted octanol–water partition coefficient (Wildman–Crippen LogP) is 4.39. The summed E-state index contributed by atoms with van der Waals surface area (Å²) >= 11 is 0. The number of benzene rings is 2. The highest BCUT2D eigenvalue weighted by Crippen LogP contribution is 2.30. The zero-order valence-electron chi connectivity index (χ0n) is 17.2. The zero-order valence-corrected chi connectivity index (χ0v) is 18.0. The minimum Gasteiger partial charge on any atom is -0.360 e. The molecule has 0 spiro atoms. The summed E-state index contributed by atoms with van der Waals surface area (Å²) in [6, 6.07) is 11.3. The van der Waals surface area contributed by atoms with Gasteiger partial charge in [0.15, 0.2) is 0 Å². The van der Waals surface area contributed by atoms with E-state index in [9.17, 15) is 17.6 Å². The summed E-state index contributed by atoms with van der Waals surface area (Å²) in [6.45, 7) is 2.80. The highest BCUT2D eigenvalue weighted by Gasteiger charge is 2.21. The Balaban J connectivity index is 1.49. The number of sulfonamides is 1. The molecule has 2 aromatic carbocycles. The van der Waals surface area contributed by atoms with E-state index < -0.39 is 10.0 Å². The molecule has 0 unspecified atom stereocenters. The molecular formula is C23H24FN3O3S. The van der Waals surface area contributed by atoms with Crippen molar-refractivity contribution < 1.29 is 17.6 Å². The fourth-order valence-electron chi connectivity index (χ4n) is 3.86. The van der Waals surface area contributed by atoms with E-state index in [1.807, 2.05) is 12.3 Å². The van der Waals surface area contributed by atoms with Crippen LogP contribution >= 0.6 is 0 Å². The summed E-state index contributed by atoms with van der Waals surface area (Å²) in [4.78, 5) is 17.8. The Hall–Kier alpha value is -3.13. The highest BCUT2D eigenvalue weighted by molar-refractivity contribution is 7.92. The van der Waals surface area contributed by atoms with Crippen molar-refractivity contribution >= 4 is 38.1 Å². The largest absolute Gasteiger partial charge is 0.360 e. The fraction of sp³-hybridized carbons (Fsp3) is 0.261. The number of anilines is 1. The van der Waals surface area contributed by atoms with Crippen LogP contribution in [0.15, 0.2) is 54.7 Å². The minimum absolute atomic E-state index is 0.0331. The molecule has 6 nitrogen and oxygen atoms in total. The van der Waals surface area contributed by atoms with E-state index in [0.717, 1.165) is 22.0 Å². The predicted molar refractivity (Wildman–Crippen MR) is 121 cm³/mol. The van der Waals surface area contributed by atoms with Gasteiger partial charge >= 0.3 is 0 Å². The fourth-order valence-corrected chi connectivity index (χ4v) is 4.99. The Morgan fingerprint density at radius 1 is 1.23 bits per heavy atom. The Labute approximate surface area is 180 Å². The van der Waals surface area contributed by atoms with Crippen LogP contribution in [0.1, 0.15) is 35.7 Å². The number of fused-ring (bicyclic) bond motifs is 1. The van der Waals surface area contributed by atoms with E-state index in [4.69, 9.17) is 0 Å². The molecule has 0 saturated heterocycles. The van der Waals surface area contributed by atoms with Gasteiger partial charge in [-0.05, 0) is 54.8 Å². The van der Waals surface area contributed by atoms with Gasteiger partial charge in [-0.25, -0.2) is 12.8 Å². The number of aromatic amines is 1. The summed E-state index contributed by atoms with van der Waals surface area (Å²) in [5.41, 5.74) is 3.71. The van der Waals surface area contributed by atoms with Gasteiger partial charge in [-0.15, -0.1) is 0 Å². The molecule has 0 bridgehead atoms. The summed E-state index contributed by atoms with van der Waals surface area (Å²) < 4.78 is 40.0. The quantitative estimate of drug-likeness (QED) is 0.595. The second-order valence-corrected chi connectivity index (χ2v) is 9.47. The molecule has 2 heterocycles. The standard InChI is InChI=1S/C23H24FN3O3S/c1-2-12-31(29,30)26-19-5-3-4-17(13-19)23(28)27-10-8-16(9-11-27)21-15-25-22-14-18(24)6-7-20(21)22/h3-8,13-15,25-26H,2,9-12H2,1H3. The summed E-state index contributed by atoms with van der Waals surface area (Å²) in [7, 11) is -3.42. The molecular weight excluding hydrogens is 417 g/mol. The van der Waals surface area contributed by atoms with Crippen molar-refractivity contribution in [3.63, 3.8) is 0 Å². The van der Waals surface area contributed by atoms with Crippen LogP contribution in [0.25, 0.3) is 16.5 Å². The normalized spacial score (nSPS) is 14.5. The number of amides is 1. The molecule has 0 saturated carbocycles. The number of aromatic nitrogens is 1. The molecule has 3 aromatic rings. The molecule has 4 rings (SSSR count). The van der Waals surface area contributed by atoms with Crippen LogP contribution < -0.4 is 4.72 Å². The molecule has 2 N–H and O–H groups in total. The van der Waals surface area contributed by atoms with Gasteiger partial charge in [0.05, 0.1) is 5.75 Å². The van der Waals surface area contributed by atoms with Gasteiger partial charge in [0.2, 0.25) is 10.0 Å². The third kappa shape index (κ3) is 4.64. The van der Waals surface area contributed by atoms with E-state index in [2.05, 4.69) is 9.71 Å². The molecule has 162 valence electrons. The maximum atomic E-state index is 13.4. The average molecular weight is 442 g/mol. The molecule has 1 aliphatic rings. The van der Waals surface area contributed by atoms with Crippen molar-refractivity contribution in [3.05, 3.63) is 71.7 Å². The maximum absolute atomic E-state index is 13.4. The topological polar surface area (TPSA) is 82.3 Å². The first-order chi connectivity index (χ1) is 14.9. The van der Waals surface area contributed by atoms with Crippen molar-refractivity contribution in [1.82, 2.24) is 9.88 Å². The number of carbonyl (C=O) groups is 1. The second-order valence-electron chi connectivity index (χ2n) is 7.62. The van der Waals surface area contributed by atoms with Crippen LogP contribution in [0.3, 0.4) is 0 Å². The zero-order chi connectivity index (χ0) is 22.0. The Morgan fingerprint density at radius 3 is 2.81 bits per heavy atom. The van der Waals surface area contributed by atoms with E-state index >= 15 is 0 Å². The van der Waals surface area contributed by atoms with E-state index in [0.29, 0.717) is 37.2 Å². The smallest absolute Gasteiger partial charge is 0.254 e. The van der Waals surface area contributed by atoms with E-state index in [1.54, 1.807) is 42.2 Å². The highest BCUT2D eigenvalue weighted by atomic mass is 32.2. The van der Waals surface area contributed by atoms with Gasteiger partial charge < -0.3 is 9.88 Å². The van der Waals surface area contributed by atoms with Gasteiger partial charge in [0.1, 0.15) is 5.82 Å². The summed E-state index contributed by atoms with van der Waals surface area (Å²) in [5.74, 6) is -0.395. The van der Waals surface area contributed by atoms with Crippen LogP contribution in [0.2, 0.25) is 0 Å². The number of nitrogens with one attached hydrogen (secondary N) is 2. The van der Waals surface area contributed by atoms with Crippen LogP contribution in [0.4, 0.5) is 10.1 Å².